The van der Waals surface area contributed by atoms with Crippen molar-refractivity contribution in [3.05, 3.63) is 35.4 Å². The second kappa shape index (κ2) is 5.89. The third-order valence-corrected chi connectivity index (χ3v) is 4.81. The monoisotopic (exact) mass is 282 g/mol. The van der Waals surface area contributed by atoms with E-state index in [4.69, 9.17) is 5.26 Å². The Morgan fingerprint density at radius 2 is 1.57 bits per heavy atom. The first kappa shape index (κ1) is 14.1. The predicted octanol–water partition coefficient (Wildman–Crippen LogP) is 3.74. The first-order valence-electron chi connectivity index (χ1n) is 8.02. The molecule has 2 fully saturated rings. The number of hydrogen-bond donors (Lipinski definition) is 0. The average molecular weight is 282 g/mol. The molecule has 21 heavy (non-hydrogen) atoms. The number of rotatable bonds is 3. The largest absolute Gasteiger partial charge is 0.333 e. The van der Waals surface area contributed by atoms with E-state index >= 15 is 0 Å². The van der Waals surface area contributed by atoms with Crippen molar-refractivity contribution in [3.8, 4) is 6.07 Å². The third-order valence-electron chi connectivity index (χ3n) is 4.81. The summed E-state index contributed by atoms with van der Waals surface area (Å²) in [6.07, 6.45) is 7.03. The van der Waals surface area contributed by atoms with E-state index in [1.807, 2.05) is 0 Å². The molecule has 110 valence electrons. The van der Waals surface area contributed by atoms with Crippen molar-refractivity contribution < 1.29 is 4.79 Å². The fourth-order valence-corrected chi connectivity index (χ4v) is 3.34. The second-order valence-electron chi connectivity index (χ2n) is 6.55. The first-order chi connectivity index (χ1) is 10.2. The van der Waals surface area contributed by atoms with Gasteiger partial charge in [0.1, 0.15) is 0 Å². The molecule has 1 aromatic rings. The highest BCUT2D eigenvalue weighted by Crippen LogP contribution is 2.36. The molecule has 1 amide bonds. The van der Waals surface area contributed by atoms with E-state index in [1.165, 1.54) is 12.8 Å². The lowest BCUT2D eigenvalue weighted by molar-refractivity contribution is 0.0593. The molecule has 0 atom stereocenters. The molecule has 0 N–H and O–H groups in total. The number of nitrogens with zero attached hydrogens (tertiary/aromatic N) is 2. The van der Waals surface area contributed by atoms with Crippen LogP contribution in [0.3, 0.4) is 0 Å². The molecule has 2 aliphatic rings. The van der Waals surface area contributed by atoms with Crippen LogP contribution in [-0.2, 0) is 0 Å². The van der Waals surface area contributed by atoms with Gasteiger partial charge in [0, 0.05) is 17.6 Å². The van der Waals surface area contributed by atoms with E-state index in [2.05, 4.69) is 17.9 Å². The Bertz CT molecular complexity index is 546. The minimum absolute atomic E-state index is 0.154. The molecule has 0 spiro atoms. The molecule has 0 bridgehead atoms. The van der Waals surface area contributed by atoms with Crippen molar-refractivity contribution >= 4 is 5.91 Å². The van der Waals surface area contributed by atoms with Gasteiger partial charge in [-0.1, -0.05) is 6.92 Å². The minimum atomic E-state index is 0.154. The molecule has 3 heteroatoms. The molecule has 0 saturated heterocycles. The summed E-state index contributed by atoms with van der Waals surface area (Å²) >= 11 is 0. The lowest BCUT2D eigenvalue weighted by Crippen LogP contribution is -2.43. The van der Waals surface area contributed by atoms with Gasteiger partial charge in [-0.25, -0.2) is 0 Å². The molecule has 2 saturated carbocycles. The Morgan fingerprint density at radius 1 is 1.05 bits per heavy atom. The van der Waals surface area contributed by atoms with Gasteiger partial charge in [0.2, 0.25) is 0 Å². The number of nitriles is 1. The molecule has 1 aromatic carbocycles. The van der Waals surface area contributed by atoms with Gasteiger partial charge >= 0.3 is 0 Å². The quantitative estimate of drug-likeness (QED) is 0.847. The summed E-state index contributed by atoms with van der Waals surface area (Å²) in [6, 6.07) is 10.0. The molecule has 0 aliphatic heterocycles. The van der Waals surface area contributed by atoms with Crippen LogP contribution in [0, 0.1) is 17.2 Å². The highest BCUT2D eigenvalue weighted by molar-refractivity contribution is 5.95. The van der Waals surface area contributed by atoms with Crippen molar-refractivity contribution in [2.45, 2.75) is 57.5 Å². The Balaban J connectivity index is 1.77. The molecule has 2 aliphatic carbocycles. The van der Waals surface area contributed by atoms with Gasteiger partial charge in [0.05, 0.1) is 11.6 Å². The molecule has 0 radical (unpaired) electrons. The maximum absolute atomic E-state index is 12.8. The Labute approximate surface area is 126 Å². The number of carbonyl (C=O) groups is 1. The van der Waals surface area contributed by atoms with Crippen molar-refractivity contribution in [2.75, 3.05) is 0 Å². The van der Waals surface area contributed by atoms with Crippen molar-refractivity contribution in [3.63, 3.8) is 0 Å². The molecule has 0 aromatic heterocycles. The molecular formula is C18H22N2O. The van der Waals surface area contributed by atoms with E-state index in [0.29, 0.717) is 17.6 Å². The van der Waals surface area contributed by atoms with Crippen LogP contribution in [0.5, 0.6) is 0 Å². The van der Waals surface area contributed by atoms with Gasteiger partial charge in [-0.3, -0.25) is 4.79 Å². The Kier molecular flexibility index (Phi) is 3.96. The first-order valence-corrected chi connectivity index (χ1v) is 8.02. The summed E-state index contributed by atoms with van der Waals surface area (Å²) < 4.78 is 0. The summed E-state index contributed by atoms with van der Waals surface area (Å²) in [7, 11) is 0. The Hall–Kier alpha value is -1.82. The van der Waals surface area contributed by atoms with Gasteiger partial charge < -0.3 is 4.90 Å². The summed E-state index contributed by atoms with van der Waals surface area (Å²) in [5.74, 6) is 0.953. The van der Waals surface area contributed by atoms with E-state index in [-0.39, 0.29) is 5.91 Å². The van der Waals surface area contributed by atoms with Crippen LogP contribution >= 0.6 is 0 Å². The summed E-state index contributed by atoms with van der Waals surface area (Å²) in [6.45, 7) is 2.31. The van der Waals surface area contributed by atoms with Gasteiger partial charge in [-0.2, -0.15) is 5.26 Å². The summed E-state index contributed by atoms with van der Waals surface area (Å²) in [5, 5.41) is 8.86. The zero-order valence-corrected chi connectivity index (χ0v) is 12.6. The predicted molar refractivity (Wildman–Crippen MR) is 81.8 cm³/mol. The van der Waals surface area contributed by atoms with Crippen LogP contribution in [0.15, 0.2) is 24.3 Å². The fraction of sp³-hybridized carbons (Fsp3) is 0.556. The average Bonchev–Trinajstić information content (AvgIpc) is 3.34. The third kappa shape index (κ3) is 3.10. The zero-order valence-electron chi connectivity index (χ0n) is 12.6. The van der Waals surface area contributed by atoms with Crippen molar-refractivity contribution in [2.24, 2.45) is 5.92 Å². The normalized spacial score (nSPS) is 25.1. The smallest absolute Gasteiger partial charge is 0.254 e. The molecule has 3 rings (SSSR count). The lowest BCUT2D eigenvalue weighted by atomic mass is 9.86. The second-order valence-corrected chi connectivity index (χ2v) is 6.55. The van der Waals surface area contributed by atoms with Gasteiger partial charge in [-0.15, -0.1) is 0 Å². The highest BCUT2D eigenvalue weighted by Gasteiger charge is 2.38. The SMILES string of the molecule is CC1CCC(N(C(=O)c2ccc(C#N)cc2)C2CC2)CC1. The number of amides is 1. The lowest BCUT2D eigenvalue weighted by Gasteiger charge is -2.36. The number of benzene rings is 1. The minimum Gasteiger partial charge on any atom is -0.333 e. The zero-order chi connectivity index (χ0) is 14.8. The van der Waals surface area contributed by atoms with E-state index in [9.17, 15) is 4.79 Å². The van der Waals surface area contributed by atoms with E-state index in [1.54, 1.807) is 24.3 Å². The summed E-state index contributed by atoms with van der Waals surface area (Å²) in [4.78, 5) is 15.0. The van der Waals surface area contributed by atoms with Crippen LogP contribution in [-0.4, -0.2) is 22.9 Å². The molecule has 0 unspecified atom stereocenters. The fourth-order valence-electron chi connectivity index (χ4n) is 3.34. The maximum Gasteiger partial charge on any atom is 0.254 e. The highest BCUT2D eigenvalue weighted by atomic mass is 16.2. The van der Waals surface area contributed by atoms with E-state index in [0.717, 1.165) is 37.2 Å². The Morgan fingerprint density at radius 3 is 2.05 bits per heavy atom. The van der Waals surface area contributed by atoms with Gasteiger partial charge in [-0.05, 0) is 68.7 Å². The van der Waals surface area contributed by atoms with Crippen LogP contribution in [0.2, 0.25) is 0 Å². The van der Waals surface area contributed by atoms with Gasteiger partial charge in [0.15, 0.2) is 0 Å². The van der Waals surface area contributed by atoms with E-state index < -0.39 is 0 Å². The standard InChI is InChI=1S/C18H22N2O/c1-13-2-8-16(9-3-13)20(17-10-11-17)18(21)15-6-4-14(12-19)5-7-15/h4-7,13,16-17H,2-3,8-11H2,1H3. The molecule has 0 heterocycles. The van der Waals surface area contributed by atoms with Crippen molar-refractivity contribution in [1.29, 1.82) is 5.26 Å². The van der Waals surface area contributed by atoms with Crippen molar-refractivity contribution in [1.82, 2.24) is 4.90 Å². The molecular weight excluding hydrogens is 260 g/mol. The maximum atomic E-state index is 12.8. The van der Waals surface area contributed by atoms with Crippen LogP contribution < -0.4 is 0 Å². The number of hydrogen-bond acceptors (Lipinski definition) is 2. The van der Waals surface area contributed by atoms with Crippen LogP contribution in [0.25, 0.3) is 0 Å². The topological polar surface area (TPSA) is 44.1 Å². The van der Waals surface area contributed by atoms with Crippen LogP contribution in [0.1, 0.15) is 61.4 Å². The van der Waals surface area contributed by atoms with Crippen LogP contribution in [0.4, 0.5) is 0 Å². The molecule has 3 nitrogen and oxygen atoms in total. The van der Waals surface area contributed by atoms with Gasteiger partial charge in [0.25, 0.3) is 5.91 Å². The number of carbonyl (C=O) groups excluding carboxylic acids is 1. The summed E-state index contributed by atoms with van der Waals surface area (Å²) in [5.41, 5.74) is 1.33.